The summed E-state index contributed by atoms with van der Waals surface area (Å²) in [6.45, 7) is 1.92. The number of amides is 1. The van der Waals surface area contributed by atoms with Crippen molar-refractivity contribution in [1.29, 1.82) is 0 Å². The largest absolute Gasteiger partial charge is 0.481 e. The zero-order chi connectivity index (χ0) is 10.7. The number of aliphatic carboxylic acids is 1. The van der Waals surface area contributed by atoms with Gasteiger partial charge in [-0.15, -0.1) is 0 Å². The van der Waals surface area contributed by atoms with Crippen molar-refractivity contribution < 1.29 is 14.7 Å². The maximum absolute atomic E-state index is 11.5. The SMILES string of the molecule is CC(CN(C)C(=O)CC1CC1)C(=O)O. The van der Waals surface area contributed by atoms with E-state index in [1.54, 1.807) is 14.0 Å². The van der Waals surface area contributed by atoms with Crippen LogP contribution in [0.3, 0.4) is 0 Å². The Hall–Kier alpha value is -1.06. The highest BCUT2D eigenvalue weighted by Crippen LogP contribution is 2.32. The Morgan fingerprint density at radius 3 is 2.50 bits per heavy atom. The first kappa shape index (κ1) is 11.0. The van der Waals surface area contributed by atoms with Crippen molar-refractivity contribution in [3.63, 3.8) is 0 Å². The van der Waals surface area contributed by atoms with Gasteiger partial charge in [0, 0.05) is 20.0 Å². The zero-order valence-corrected chi connectivity index (χ0v) is 8.69. The molecule has 0 aliphatic heterocycles. The molecule has 80 valence electrons. The molecule has 14 heavy (non-hydrogen) atoms. The van der Waals surface area contributed by atoms with Gasteiger partial charge in [-0.25, -0.2) is 0 Å². The molecule has 0 saturated heterocycles. The van der Waals surface area contributed by atoms with Crippen LogP contribution in [0.25, 0.3) is 0 Å². The van der Waals surface area contributed by atoms with Crippen molar-refractivity contribution in [3.05, 3.63) is 0 Å². The third kappa shape index (κ3) is 3.36. The fraction of sp³-hybridized carbons (Fsp3) is 0.800. The number of hydrogen-bond acceptors (Lipinski definition) is 2. The van der Waals surface area contributed by atoms with Gasteiger partial charge in [-0.3, -0.25) is 9.59 Å². The second-order valence-electron chi connectivity index (χ2n) is 4.16. The fourth-order valence-electron chi connectivity index (χ4n) is 1.32. The first-order valence-corrected chi connectivity index (χ1v) is 4.97. The van der Waals surface area contributed by atoms with Gasteiger partial charge >= 0.3 is 5.97 Å². The molecular formula is C10H17NO3. The molecule has 1 aliphatic rings. The van der Waals surface area contributed by atoms with Crippen molar-refractivity contribution in [2.24, 2.45) is 11.8 Å². The molecule has 1 saturated carbocycles. The molecule has 1 aliphatic carbocycles. The van der Waals surface area contributed by atoms with Crippen LogP contribution >= 0.6 is 0 Å². The van der Waals surface area contributed by atoms with Gasteiger partial charge in [0.25, 0.3) is 0 Å². The Morgan fingerprint density at radius 1 is 1.50 bits per heavy atom. The fourth-order valence-corrected chi connectivity index (χ4v) is 1.32. The number of rotatable bonds is 5. The molecular weight excluding hydrogens is 182 g/mol. The van der Waals surface area contributed by atoms with Crippen LogP contribution in [-0.2, 0) is 9.59 Å². The summed E-state index contributed by atoms with van der Waals surface area (Å²) in [5, 5.41) is 8.67. The maximum atomic E-state index is 11.5. The maximum Gasteiger partial charge on any atom is 0.308 e. The van der Waals surface area contributed by atoms with Crippen molar-refractivity contribution in [3.8, 4) is 0 Å². The monoisotopic (exact) mass is 199 g/mol. The minimum Gasteiger partial charge on any atom is -0.481 e. The third-order valence-corrected chi connectivity index (χ3v) is 2.56. The van der Waals surface area contributed by atoms with E-state index < -0.39 is 11.9 Å². The van der Waals surface area contributed by atoms with Crippen molar-refractivity contribution >= 4 is 11.9 Å². The molecule has 1 amide bonds. The van der Waals surface area contributed by atoms with Crippen molar-refractivity contribution in [2.75, 3.05) is 13.6 Å². The van der Waals surface area contributed by atoms with Crippen molar-refractivity contribution in [2.45, 2.75) is 26.2 Å². The van der Waals surface area contributed by atoms with Crippen LogP contribution in [0.15, 0.2) is 0 Å². The second-order valence-corrected chi connectivity index (χ2v) is 4.16. The van der Waals surface area contributed by atoms with Gasteiger partial charge in [-0.05, 0) is 18.8 Å². The number of carboxylic acid groups (broad SMARTS) is 1. The van der Waals surface area contributed by atoms with Crippen LogP contribution in [0.4, 0.5) is 0 Å². The number of nitrogens with zero attached hydrogens (tertiary/aromatic N) is 1. The van der Waals surface area contributed by atoms with Gasteiger partial charge in [0.2, 0.25) is 5.91 Å². The summed E-state index contributed by atoms with van der Waals surface area (Å²) in [7, 11) is 1.67. The normalized spacial score (nSPS) is 17.6. The lowest BCUT2D eigenvalue weighted by atomic mass is 10.1. The summed E-state index contributed by atoms with van der Waals surface area (Å²) in [4.78, 5) is 23.6. The lowest BCUT2D eigenvalue weighted by Gasteiger charge is -2.19. The Balaban J connectivity index is 2.28. The highest BCUT2D eigenvalue weighted by molar-refractivity contribution is 5.77. The lowest BCUT2D eigenvalue weighted by Crippen LogP contribution is -2.33. The average Bonchev–Trinajstić information content (AvgIpc) is 2.87. The number of carbonyl (C=O) groups is 2. The van der Waals surface area contributed by atoms with Gasteiger partial charge in [0.1, 0.15) is 0 Å². The molecule has 0 aromatic heterocycles. The van der Waals surface area contributed by atoms with E-state index in [0.29, 0.717) is 18.9 Å². The molecule has 4 nitrogen and oxygen atoms in total. The molecule has 0 aromatic rings. The van der Waals surface area contributed by atoms with E-state index in [1.807, 2.05) is 0 Å². The molecule has 1 N–H and O–H groups in total. The smallest absolute Gasteiger partial charge is 0.308 e. The summed E-state index contributed by atoms with van der Waals surface area (Å²) >= 11 is 0. The quantitative estimate of drug-likeness (QED) is 0.717. The van der Waals surface area contributed by atoms with Crippen LogP contribution < -0.4 is 0 Å². The number of hydrogen-bond donors (Lipinski definition) is 1. The predicted octanol–water partition coefficient (Wildman–Crippen LogP) is 0.966. The van der Waals surface area contributed by atoms with E-state index in [1.165, 1.54) is 4.90 Å². The molecule has 4 heteroatoms. The Kier molecular flexibility index (Phi) is 3.49. The minimum atomic E-state index is -0.851. The molecule has 0 radical (unpaired) electrons. The molecule has 0 aromatic carbocycles. The first-order chi connectivity index (χ1) is 6.50. The molecule has 1 atom stereocenters. The molecule has 0 spiro atoms. The van der Waals surface area contributed by atoms with E-state index >= 15 is 0 Å². The van der Waals surface area contributed by atoms with Gasteiger partial charge in [-0.1, -0.05) is 6.92 Å². The van der Waals surface area contributed by atoms with Crippen LogP contribution in [0.2, 0.25) is 0 Å². The van der Waals surface area contributed by atoms with Gasteiger partial charge in [0.05, 0.1) is 5.92 Å². The Labute approximate surface area is 83.9 Å². The minimum absolute atomic E-state index is 0.0700. The van der Waals surface area contributed by atoms with Gasteiger partial charge in [-0.2, -0.15) is 0 Å². The summed E-state index contributed by atoms with van der Waals surface area (Å²) in [5.41, 5.74) is 0. The van der Waals surface area contributed by atoms with Crippen LogP contribution in [0, 0.1) is 11.8 Å². The predicted molar refractivity (Wildman–Crippen MR) is 51.8 cm³/mol. The number of carbonyl (C=O) groups excluding carboxylic acids is 1. The summed E-state index contributed by atoms with van der Waals surface area (Å²) in [6.07, 6.45) is 2.88. The Morgan fingerprint density at radius 2 is 2.07 bits per heavy atom. The highest BCUT2D eigenvalue weighted by Gasteiger charge is 2.26. The van der Waals surface area contributed by atoms with Crippen LogP contribution in [-0.4, -0.2) is 35.5 Å². The number of carboxylic acids is 1. The highest BCUT2D eigenvalue weighted by atomic mass is 16.4. The molecule has 1 fully saturated rings. The molecule has 1 rings (SSSR count). The van der Waals surface area contributed by atoms with Gasteiger partial charge < -0.3 is 10.0 Å². The van der Waals surface area contributed by atoms with E-state index in [4.69, 9.17) is 5.11 Å². The summed E-state index contributed by atoms with van der Waals surface area (Å²) in [5.74, 6) is -0.704. The van der Waals surface area contributed by atoms with E-state index in [0.717, 1.165) is 12.8 Å². The topological polar surface area (TPSA) is 57.6 Å². The van der Waals surface area contributed by atoms with Crippen LogP contribution in [0.5, 0.6) is 0 Å². The molecule has 0 heterocycles. The van der Waals surface area contributed by atoms with E-state index in [2.05, 4.69) is 0 Å². The standard InChI is InChI=1S/C10H17NO3/c1-7(10(13)14)6-11(2)9(12)5-8-3-4-8/h7-8H,3-6H2,1-2H3,(H,13,14). The zero-order valence-electron chi connectivity index (χ0n) is 8.69. The molecule has 1 unspecified atom stereocenters. The Bertz CT molecular complexity index is 236. The molecule has 0 bridgehead atoms. The second kappa shape index (κ2) is 4.44. The first-order valence-electron chi connectivity index (χ1n) is 4.97. The van der Waals surface area contributed by atoms with Gasteiger partial charge in [0.15, 0.2) is 0 Å². The van der Waals surface area contributed by atoms with Crippen LogP contribution in [0.1, 0.15) is 26.2 Å². The van der Waals surface area contributed by atoms with E-state index in [9.17, 15) is 9.59 Å². The summed E-state index contributed by atoms with van der Waals surface area (Å²) in [6, 6.07) is 0. The third-order valence-electron chi connectivity index (χ3n) is 2.56. The lowest BCUT2D eigenvalue weighted by molar-refractivity contribution is -0.142. The summed E-state index contributed by atoms with van der Waals surface area (Å²) < 4.78 is 0. The van der Waals surface area contributed by atoms with Crippen molar-refractivity contribution in [1.82, 2.24) is 4.90 Å². The van der Waals surface area contributed by atoms with E-state index in [-0.39, 0.29) is 5.91 Å². The average molecular weight is 199 g/mol.